The standard InChI is InChI=1S/C25H22Cl2N2O3/c26-19-9-8-17(22(27)12-19)15-32-20-5-3-4-16(10-20)13-28-24(25(30)31)11-18-14-29-23-7-2-1-6-21(18)23/h1-10,12,14,24,28-29H,11,13,15H2,(H,30,31). The van der Waals surface area contributed by atoms with E-state index in [1.807, 2.05) is 60.8 Å². The van der Waals surface area contributed by atoms with Crippen LogP contribution in [0.25, 0.3) is 10.9 Å². The summed E-state index contributed by atoms with van der Waals surface area (Å²) in [5.41, 5.74) is 3.73. The number of aromatic amines is 1. The summed E-state index contributed by atoms with van der Waals surface area (Å²) in [4.78, 5) is 15.0. The third-order valence-corrected chi connectivity index (χ3v) is 5.84. The van der Waals surface area contributed by atoms with Crippen molar-refractivity contribution in [2.24, 2.45) is 0 Å². The Morgan fingerprint density at radius 1 is 1.03 bits per heavy atom. The van der Waals surface area contributed by atoms with Crippen LogP contribution in [0.15, 0.2) is 72.9 Å². The summed E-state index contributed by atoms with van der Waals surface area (Å²) in [5, 5.41) is 15.0. The van der Waals surface area contributed by atoms with Crippen LogP contribution in [0.5, 0.6) is 5.75 Å². The van der Waals surface area contributed by atoms with Gasteiger partial charge >= 0.3 is 5.97 Å². The first-order valence-corrected chi connectivity index (χ1v) is 10.9. The van der Waals surface area contributed by atoms with E-state index in [2.05, 4.69) is 10.3 Å². The largest absolute Gasteiger partial charge is 0.489 e. The number of fused-ring (bicyclic) bond motifs is 1. The van der Waals surface area contributed by atoms with Gasteiger partial charge in [-0.05, 0) is 41.5 Å². The third kappa shape index (κ3) is 5.43. The second-order valence-corrected chi connectivity index (χ2v) is 8.35. The lowest BCUT2D eigenvalue weighted by Crippen LogP contribution is -2.38. The Balaban J connectivity index is 1.39. The Labute approximate surface area is 195 Å². The number of ether oxygens (including phenoxy) is 1. The molecule has 0 fully saturated rings. The van der Waals surface area contributed by atoms with Crippen LogP contribution in [0.2, 0.25) is 10.0 Å². The number of aromatic nitrogens is 1. The van der Waals surface area contributed by atoms with E-state index in [9.17, 15) is 9.90 Å². The molecule has 0 aliphatic rings. The summed E-state index contributed by atoms with van der Waals surface area (Å²) in [6.45, 7) is 0.712. The molecule has 0 amide bonds. The number of halogens is 2. The van der Waals surface area contributed by atoms with Gasteiger partial charge in [-0.3, -0.25) is 4.79 Å². The highest BCUT2D eigenvalue weighted by Crippen LogP contribution is 2.23. The highest BCUT2D eigenvalue weighted by molar-refractivity contribution is 6.35. The number of carbonyl (C=O) groups is 1. The van der Waals surface area contributed by atoms with Crippen molar-refractivity contribution in [1.82, 2.24) is 10.3 Å². The van der Waals surface area contributed by atoms with Crippen LogP contribution >= 0.6 is 23.2 Å². The average molecular weight is 469 g/mol. The van der Waals surface area contributed by atoms with Crippen LogP contribution in [0.3, 0.4) is 0 Å². The summed E-state index contributed by atoms with van der Waals surface area (Å²) in [6, 6.07) is 20.0. The van der Waals surface area contributed by atoms with E-state index >= 15 is 0 Å². The average Bonchev–Trinajstić information content (AvgIpc) is 3.19. The van der Waals surface area contributed by atoms with Gasteiger partial charge in [-0.2, -0.15) is 0 Å². The third-order valence-electron chi connectivity index (χ3n) is 5.26. The van der Waals surface area contributed by atoms with Gasteiger partial charge in [0.2, 0.25) is 0 Å². The lowest BCUT2D eigenvalue weighted by Gasteiger charge is -2.15. The molecule has 3 N–H and O–H groups in total. The van der Waals surface area contributed by atoms with Crippen LogP contribution in [0.4, 0.5) is 0 Å². The molecular weight excluding hydrogens is 447 g/mol. The number of carboxylic acid groups (broad SMARTS) is 1. The van der Waals surface area contributed by atoms with Gasteiger partial charge in [0.15, 0.2) is 0 Å². The predicted octanol–water partition coefficient (Wildman–Crippen LogP) is 5.84. The number of carboxylic acids is 1. The highest BCUT2D eigenvalue weighted by atomic mass is 35.5. The van der Waals surface area contributed by atoms with Gasteiger partial charge in [-0.25, -0.2) is 0 Å². The van der Waals surface area contributed by atoms with Crippen molar-refractivity contribution >= 4 is 40.1 Å². The van der Waals surface area contributed by atoms with E-state index in [0.717, 1.165) is 27.6 Å². The molecule has 4 rings (SSSR count). The summed E-state index contributed by atoms with van der Waals surface area (Å²) in [7, 11) is 0. The molecule has 1 unspecified atom stereocenters. The van der Waals surface area contributed by atoms with Gasteiger partial charge in [0, 0.05) is 45.7 Å². The number of H-pyrrole nitrogens is 1. The quantitative estimate of drug-likeness (QED) is 0.288. The van der Waals surface area contributed by atoms with E-state index in [1.165, 1.54) is 0 Å². The predicted molar refractivity (Wildman–Crippen MR) is 128 cm³/mol. The molecule has 4 aromatic rings. The van der Waals surface area contributed by atoms with Crippen molar-refractivity contribution < 1.29 is 14.6 Å². The molecule has 1 heterocycles. The number of hydrogen-bond acceptors (Lipinski definition) is 3. The Hall–Kier alpha value is -2.99. The van der Waals surface area contributed by atoms with E-state index in [1.54, 1.807) is 12.1 Å². The first-order valence-electron chi connectivity index (χ1n) is 10.2. The summed E-state index contributed by atoms with van der Waals surface area (Å²) in [6.07, 6.45) is 2.25. The molecule has 7 heteroatoms. The first kappa shape index (κ1) is 22.2. The summed E-state index contributed by atoms with van der Waals surface area (Å²) >= 11 is 12.1. The monoisotopic (exact) mass is 468 g/mol. The number of rotatable bonds is 9. The lowest BCUT2D eigenvalue weighted by atomic mass is 10.0. The SMILES string of the molecule is O=C(O)C(Cc1c[nH]c2ccccc12)NCc1cccc(OCc2ccc(Cl)cc2Cl)c1. The van der Waals surface area contributed by atoms with Crippen LogP contribution in [-0.4, -0.2) is 22.1 Å². The van der Waals surface area contributed by atoms with Crippen molar-refractivity contribution in [2.75, 3.05) is 0 Å². The molecular formula is C25H22Cl2N2O3. The van der Waals surface area contributed by atoms with Crippen LogP contribution in [-0.2, 0) is 24.4 Å². The molecule has 0 bridgehead atoms. The maximum absolute atomic E-state index is 11.8. The minimum absolute atomic E-state index is 0.311. The topological polar surface area (TPSA) is 74.3 Å². The van der Waals surface area contributed by atoms with Crippen LogP contribution < -0.4 is 10.1 Å². The maximum atomic E-state index is 11.8. The number of nitrogens with one attached hydrogen (secondary N) is 2. The molecule has 32 heavy (non-hydrogen) atoms. The molecule has 0 saturated carbocycles. The van der Waals surface area contributed by atoms with Gasteiger partial charge in [-0.15, -0.1) is 0 Å². The van der Waals surface area contributed by atoms with Gasteiger partial charge in [0.1, 0.15) is 18.4 Å². The molecule has 0 aliphatic carbocycles. The Morgan fingerprint density at radius 2 is 1.88 bits per heavy atom. The molecule has 0 aliphatic heterocycles. The Bertz CT molecular complexity index is 1240. The second-order valence-electron chi connectivity index (χ2n) is 7.51. The maximum Gasteiger partial charge on any atom is 0.321 e. The van der Waals surface area contributed by atoms with Gasteiger partial charge in [0.25, 0.3) is 0 Å². The molecule has 5 nitrogen and oxygen atoms in total. The highest BCUT2D eigenvalue weighted by Gasteiger charge is 2.19. The fourth-order valence-electron chi connectivity index (χ4n) is 3.55. The molecule has 164 valence electrons. The van der Waals surface area contributed by atoms with E-state index < -0.39 is 12.0 Å². The van der Waals surface area contributed by atoms with Crippen molar-refractivity contribution in [1.29, 1.82) is 0 Å². The molecule has 0 radical (unpaired) electrons. The van der Waals surface area contributed by atoms with Crippen LogP contribution in [0, 0.1) is 0 Å². The van der Waals surface area contributed by atoms with E-state index in [-0.39, 0.29) is 0 Å². The fourth-order valence-corrected chi connectivity index (χ4v) is 4.02. The zero-order valence-corrected chi connectivity index (χ0v) is 18.7. The zero-order chi connectivity index (χ0) is 22.5. The minimum Gasteiger partial charge on any atom is -0.489 e. The number of hydrogen-bond donors (Lipinski definition) is 3. The van der Waals surface area contributed by atoms with E-state index in [4.69, 9.17) is 27.9 Å². The molecule has 0 spiro atoms. The summed E-state index contributed by atoms with van der Waals surface area (Å²) in [5.74, 6) is -0.209. The van der Waals surface area contributed by atoms with Crippen molar-refractivity contribution in [2.45, 2.75) is 25.6 Å². The first-order chi connectivity index (χ1) is 15.5. The van der Waals surface area contributed by atoms with Crippen molar-refractivity contribution in [3.8, 4) is 5.75 Å². The number of aliphatic carboxylic acids is 1. The van der Waals surface area contributed by atoms with Crippen LogP contribution in [0.1, 0.15) is 16.7 Å². The van der Waals surface area contributed by atoms with E-state index in [0.29, 0.717) is 35.4 Å². The van der Waals surface area contributed by atoms with Gasteiger partial charge < -0.3 is 20.1 Å². The lowest BCUT2D eigenvalue weighted by molar-refractivity contribution is -0.139. The zero-order valence-electron chi connectivity index (χ0n) is 17.1. The molecule has 3 aromatic carbocycles. The Kier molecular flexibility index (Phi) is 7.00. The van der Waals surface area contributed by atoms with Crippen molar-refractivity contribution in [3.05, 3.63) is 99.7 Å². The minimum atomic E-state index is -0.889. The molecule has 1 aromatic heterocycles. The van der Waals surface area contributed by atoms with Gasteiger partial charge in [0.05, 0.1) is 0 Å². The fraction of sp³-hybridized carbons (Fsp3) is 0.160. The van der Waals surface area contributed by atoms with Gasteiger partial charge in [-0.1, -0.05) is 59.6 Å². The second kappa shape index (κ2) is 10.1. The summed E-state index contributed by atoms with van der Waals surface area (Å²) < 4.78 is 5.87. The van der Waals surface area contributed by atoms with Crippen molar-refractivity contribution in [3.63, 3.8) is 0 Å². The number of para-hydroxylation sites is 1. The number of benzene rings is 3. The Morgan fingerprint density at radius 3 is 2.69 bits per heavy atom. The molecule has 0 saturated heterocycles. The smallest absolute Gasteiger partial charge is 0.321 e. The normalized spacial score (nSPS) is 12.1. The molecule has 1 atom stereocenters.